The number of hydrogen-bond donors (Lipinski definition) is 1. The number of piperazine rings is 1. The van der Waals surface area contributed by atoms with E-state index in [1.807, 2.05) is 6.92 Å². The maximum absolute atomic E-state index is 12.3. The largest absolute Gasteiger partial charge is 0.336 e. The summed E-state index contributed by atoms with van der Waals surface area (Å²) in [6.07, 6.45) is 1.14. The number of carbonyl (C=O) groups is 1. The highest BCUT2D eigenvalue weighted by molar-refractivity contribution is 7.90. The molecule has 1 unspecified atom stereocenters. The highest BCUT2D eigenvalue weighted by Crippen LogP contribution is 2.14. The first-order chi connectivity index (χ1) is 8.88. The van der Waals surface area contributed by atoms with Crippen LogP contribution in [0, 0.1) is 0 Å². The lowest BCUT2D eigenvalue weighted by molar-refractivity contribution is 0.0709. The number of halogens is 1. The molecule has 2 rings (SSSR count). The molecule has 5 nitrogen and oxygen atoms in total. The highest BCUT2D eigenvalue weighted by atomic mass is 35.5. The maximum Gasteiger partial charge on any atom is 0.253 e. The molecule has 0 saturated carbocycles. The zero-order valence-corrected chi connectivity index (χ0v) is 13.1. The second-order valence-corrected chi connectivity index (χ2v) is 6.92. The van der Waals surface area contributed by atoms with Crippen LogP contribution in [0.1, 0.15) is 17.3 Å². The van der Waals surface area contributed by atoms with E-state index in [9.17, 15) is 13.2 Å². The van der Waals surface area contributed by atoms with Crippen molar-refractivity contribution >= 4 is 28.2 Å². The van der Waals surface area contributed by atoms with Crippen molar-refractivity contribution in [3.63, 3.8) is 0 Å². The van der Waals surface area contributed by atoms with Gasteiger partial charge in [-0.1, -0.05) is 6.07 Å². The molecular formula is C13H19ClN2O3S. The van der Waals surface area contributed by atoms with Gasteiger partial charge in [0.15, 0.2) is 9.84 Å². The molecule has 0 radical (unpaired) electrons. The van der Waals surface area contributed by atoms with Crippen molar-refractivity contribution in [2.45, 2.75) is 17.9 Å². The zero-order chi connectivity index (χ0) is 14.0. The van der Waals surface area contributed by atoms with Crippen molar-refractivity contribution in [3.05, 3.63) is 29.8 Å². The molecule has 0 spiro atoms. The second kappa shape index (κ2) is 6.56. The van der Waals surface area contributed by atoms with Crippen LogP contribution in [0.15, 0.2) is 29.2 Å². The normalized spacial score (nSPS) is 19.3. The molecular weight excluding hydrogens is 300 g/mol. The van der Waals surface area contributed by atoms with Gasteiger partial charge in [-0.3, -0.25) is 4.79 Å². The van der Waals surface area contributed by atoms with E-state index in [1.54, 1.807) is 17.0 Å². The van der Waals surface area contributed by atoms with Crippen LogP contribution in [-0.2, 0) is 9.84 Å². The van der Waals surface area contributed by atoms with E-state index >= 15 is 0 Å². The first-order valence-electron chi connectivity index (χ1n) is 6.21. The third-order valence-corrected chi connectivity index (χ3v) is 4.28. The molecule has 0 bridgehead atoms. The van der Waals surface area contributed by atoms with Crippen LogP contribution >= 0.6 is 12.4 Å². The molecule has 1 fully saturated rings. The zero-order valence-electron chi connectivity index (χ0n) is 11.5. The standard InChI is InChI=1S/C13H18N2O3S.ClH/c1-10-9-15(7-6-14-10)13(16)11-4-3-5-12(8-11)19(2,17)18;/h3-5,8,10,14H,6-7,9H2,1-2H3;1H. The van der Waals surface area contributed by atoms with Gasteiger partial charge in [-0.05, 0) is 25.1 Å². The van der Waals surface area contributed by atoms with Crippen LogP contribution in [0.5, 0.6) is 0 Å². The van der Waals surface area contributed by atoms with Crippen molar-refractivity contribution in [1.82, 2.24) is 10.2 Å². The van der Waals surface area contributed by atoms with Crippen LogP contribution in [0.2, 0.25) is 0 Å². The minimum atomic E-state index is -3.28. The number of carbonyl (C=O) groups excluding carboxylic acids is 1. The second-order valence-electron chi connectivity index (χ2n) is 4.91. The summed E-state index contributed by atoms with van der Waals surface area (Å²) >= 11 is 0. The average molecular weight is 319 g/mol. The number of amides is 1. The third kappa shape index (κ3) is 3.94. The van der Waals surface area contributed by atoms with Crippen molar-refractivity contribution in [2.75, 3.05) is 25.9 Å². The molecule has 1 amide bonds. The SMILES string of the molecule is CC1CN(C(=O)c2cccc(S(C)(=O)=O)c2)CCN1.Cl. The number of hydrogen-bond acceptors (Lipinski definition) is 4. The summed E-state index contributed by atoms with van der Waals surface area (Å²) in [5.74, 6) is -0.112. The molecule has 1 aromatic rings. The third-order valence-electron chi connectivity index (χ3n) is 3.17. The Labute approximate surface area is 125 Å². The van der Waals surface area contributed by atoms with E-state index in [1.165, 1.54) is 12.1 Å². The summed E-state index contributed by atoms with van der Waals surface area (Å²) in [6.45, 7) is 4.07. The van der Waals surface area contributed by atoms with Gasteiger partial charge in [0.05, 0.1) is 4.90 Å². The van der Waals surface area contributed by atoms with Gasteiger partial charge >= 0.3 is 0 Å². The number of nitrogens with one attached hydrogen (secondary N) is 1. The quantitative estimate of drug-likeness (QED) is 0.881. The fourth-order valence-corrected chi connectivity index (χ4v) is 2.83. The Morgan fingerprint density at radius 2 is 2.10 bits per heavy atom. The highest BCUT2D eigenvalue weighted by Gasteiger charge is 2.22. The monoisotopic (exact) mass is 318 g/mol. The molecule has 1 N–H and O–H groups in total. The summed E-state index contributed by atoms with van der Waals surface area (Å²) in [5, 5.41) is 3.26. The first kappa shape index (κ1) is 16.9. The van der Waals surface area contributed by atoms with Gasteiger partial charge in [0, 0.05) is 37.5 Å². The van der Waals surface area contributed by atoms with Crippen LogP contribution in [-0.4, -0.2) is 51.2 Å². The molecule has 1 saturated heterocycles. The Kier molecular flexibility index (Phi) is 5.56. The van der Waals surface area contributed by atoms with Gasteiger partial charge in [-0.2, -0.15) is 0 Å². The maximum atomic E-state index is 12.3. The molecule has 1 heterocycles. The number of nitrogens with zero attached hydrogens (tertiary/aromatic N) is 1. The summed E-state index contributed by atoms with van der Waals surface area (Å²) in [5.41, 5.74) is 0.428. The molecule has 112 valence electrons. The minimum Gasteiger partial charge on any atom is -0.336 e. The topological polar surface area (TPSA) is 66.5 Å². The number of benzene rings is 1. The van der Waals surface area contributed by atoms with Crippen molar-refractivity contribution in [2.24, 2.45) is 0 Å². The van der Waals surface area contributed by atoms with E-state index in [0.29, 0.717) is 18.7 Å². The van der Waals surface area contributed by atoms with Gasteiger partial charge in [-0.25, -0.2) is 8.42 Å². The molecule has 1 aliphatic rings. The Hall–Kier alpha value is -1.11. The van der Waals surface area contributed by atoms with Crippen LogP contribution in [0.3, 0.4) is 0 Å². The Balaban J connectivity index is 0.00000200. The molecule has 1 aromatic carbocycles. The summed E-state index contributed by atoms with van der Waals surface area (Å²) < 4.78 is 23.0. The van der Waals surface area contributed by atoms with Gasteiger partial charge in [0.25, 0.3) is 5.91 Å². The van der Waals surface area contributed by atoms with Gasteiger partial charge < -0.3 is 10.2 Å². The predicted octanol–water partition coefficient (Wildman–Crippen LogP) is 0.946. The number of rotatable bonds is 2. The smallest absolute Gasteiger partial charge is 0.253 e. The van der Waals surface area contributed by atoms with Crippen molar-refractivity contribution in [3.8, 4) is 0 Å². The average Bonchev–Trinajstić information content (AvgIpc) is 2.37. The Morgan fingerprint density at radius 1 is 1.40 bits per heavy atom. The Morgan fingerprint density at radius 3 is 2.70 bits per heavy atom. The van der Waals surface area contributed by atoms with Gasteiger partial charge in [0.1, 0.15) is 0 Å². The predicted molar refractivity (Wildman–Crippen MR) is 80.2 cm³/mol. The van der Waals surface area contributed by atoms with E-state index in [-0.39, 0.29) is 29.3 Å². The van der Waals surface area contributed by atoms with E-state index in [2.05, 4.69) is 5.32 Å². The van der Waals surface area contributed by atoms with Gasteiger partial charge in [0.2, 0.25) is 0 Å². The lowest BCUT2D eigenvalue weighted by atomic mass is 10.1. The summed E-state index contributed by atoms with van der Waals surface area (Å²) in [7, 11) is -3.28. The first-order valence-corrected chi connectivity index (χ1v) is 8.10. The molecule has 20 heavy (non-hydrogen) atoms. The number of sulfone groups is 1. The van der Waals surface area contributed by atoms with E-state index in [0.717, 1.165) is 12.8 Å². The van der Waals surface area contributed by atoms with Crippen LogP contribution in [0.4, 0.5) is 0 Å². The van der Waals surface area contributed by atoms with Crippen LogP contribution < -0.4 is 5.32 Å². The van der Waals surface area contributed by atoms with Crippen molar-refractivity contribution in [1.29, 1.82) is 0 Å². The lowest BCUT2D eigenvalue weighted by Crippen LogP contribution is -2.51. The molecule has 1 aliphatic heterocycles. The van der Waals surface area contributed by atoms with Crippen molar-refractivity contribution < 1.29 is 13.2 Å². The summed E-state index contributed by atoms with van der Waals surface area (Å²) in [6, 6.07) is 6.48. The minimum absolute atomic E-state index is 0. The molecule has 1 atom stereocenters. The summed E-state index contributed by atoms with van der Waals surface area (Å²) in [4.78, 5) is 14.3. The lowest BCUT2D eigenvalue weighted by Gasteiger charge is -2.32. The van der Waals surface area contributed by atoms with E-state index < -0.39 is 9.84 Å². The molecule has 7 heteroatoms. The van der Waals surface area contributed by atoms with E-state index in [4.69, 9.17) is 0 Å². The fourth-order valence-electron chi connectivity index (χ4n) is 2.16. The molecule has 0 aliphatic carbocycles. The van der Waals surface area contributed by atoms with Gasteiger partial charge in [-0.15, -0.1) is 12.4 Å². The fraction of sp³-hybridized carbons (Fsp3) is 0.462. The molecule has 0 aromatic heterocycles. The Bertz CT molecular complexity index is 589. The van der Waals surface area contributed by atoms with Crippen LogP contribution in [0.25, 0.3) is 0 Å².